The van der Waals surface area contributed by atoms with E-state index in [1.165, 1.54) is 13.4 Å². The highest BCUT2D eigenvalue weighted by atomic mass is 16.5. The van der Waals surface area contributed by atoms with Crippen molar-refractivity contribution in [1.82, 2.24) is 29.5 Å². The highest BCUT2D eigenvalue weighted by Crippen LogP contribution is 2.46. The minimum Gasteiger partial charge on any atom is -0.481 e. The third-order valence-electron chi connectivity index (χ3n) is 6.65. The lowest BCUT2D eigenvalue weighted by Crippen LogP contribution is -2.36. The Labute approximate surface area is 212 Å². The molecular weight excluding hydrogens is 472 g/mol. The van der Waals surface area contributed by atoms with Crippen molar-refractivity contribution in [3.8, 4) is 34.8 Å². The van der Waals surface area contributed by atoms with Crippen LogP contribution in [0.5, 0.6) is 11.8 Å². The van der Waals surface area contributed by atoms with E-state index >= 15 is 0 Å². The zero-order valence-electron chi connectivity index (χ0n) is 20.5. The van der Waals surface area contributed by atoms with E-state index < -0.39 is 0 Å². The number of aromatic nitrogens is 6. The van der Waals surface area contributed by atoms with E-state index in [0.29, 0.717) is 42.9 Å². The van der Waals surface area contributed by atoms with E-state index in [9.17, 15) is 4.79 Å². The quantitative estimate of drug-likeness (QED) is 0.382. The van der Waals surface area contributed by atoms with Gasteiger partial charge in [-0.05, 0) is 30.5 Å². The predicted molar refractivity (Wildman–Crippen MR) is 132 cm³/mol. The average Bonchev–Trinajstić information content (AvgIpc) is 3.55. The SMILES string of the molecule is COc1ncnc(C2CC2)c1-c1cc2n(n1)CCC(=O)N2Cc1ccc(-n2nc(C#N)cc2OC)cc1. The van der Waals surface area contributed by atoms with Gasteiger partial charge in [-0.3, -0.25) is 9.69 Å². The number of benzene rings is 1. The highest BCUT2D eigenvalue weighted by molar-refractivity contribution is 5.94. The second kappa shape index (κ2) is 9.05. The Kier molecular flexibility index (Phi) is 5.56. The Balaban J connectivity index is 1.31. The van der Waals surface area contributed by atoms with Gasteiger partial charge in [-0.1, -0.05) is 12.1 Å². The van der Waals surface area contributed by atoms with Crippen LogP contribution in [0.3, 0.4) is 0 Å². The largest absolute Gasteiger partial charge is 0.481 e. The molecule has 0 atom stereocenters. The van der Waals surface area contributed by atoms with Crippen LogP contribution in [0.1, 0.15) is 42.1 Å². The summed E-state index contributed by atoms with van der Waals surface area (Å²) < 4.78 is 14.3. The summed E-state index contributed by atoms with van der Waals surface area (Å²) in [5.74, 6) is 2.12. The summed E-state index contributed by atoms with van der Waals surface area (Å²) in [4.78, 5) is 23.6. The number of methoxy groups -OCH3 is 2. The molecule has 1 saturated carbocycles. The summed E-state index contributed by atoms with van der Waals surface area (Å²) >= 11 is 0. The molecule has 0 saturated heterocycles. The number of fused-ring (bicyclic) bond motifs is 1. The molecule has 0 spiro atoms. The molecule has 11 nitrogen and oxygen atoms in total. The monoisotopic (exact) mass is 496 g/mol. The van der Waals surface area contributed by atoms with Gasteiger partial charge in [0.1, 0.15) is 23.9 Å². The third-order valence-corrected chi connectivity index (χ3v) is 6.65. The van der Waals surface area contributed by atoms with Crippen LogP contribution in [0.4, 0.5) is 5.82 Å². The van der Waals surface area contributed by atoms with Gasteiger partial charge in [-0.2, -0.15) is 20.1 Å². The summed E-state index contributed by atoms with van der Waals surface area (Å²) in [6.45, 7) is 0.903. The molecule has 1 aromatic carbocycles. The van der Waals surface area contributed by atoms with E-state index in [-0.39, 0.29) is 11.6 Å². The van der Waals surface area contributed by atoms with Crippen molar-refractivity contribution >= 4 is 11.7 Å². The fraction of sp³-hybridized carbons (Fsp3) is 0.308. The number of ether oxygens (including phenoxy) is 2. The molecule has 4 heterocycles. The number of carbonyl (C=O) groups is 1. The predicted octanol–water partition coefficient (Wildman–Crippen LogP) is 3.23. The second-order valence-electron chi connectivity index (χ2n) is 9.02. The van der Waals surface area contributed by atoms with Crippen molar-refractivity contribution in [1.29, 1.82) is 5.26 Å². The average molecular weight is 497 g/mol. The number of anilines is 1. The normalized spacial score (nSPS) is 14.8. The van der Waals surface area contributed by atoms with Gasteiger partial charge >= 0.3 is 0 Å². The molecule has 1 aliphatic heterocycles. The topological polar surface area (TPSA) is 124 Å². The lowest BCUT2D eigenvalue weighted by atomic mass is 10.1. The fourth-order valence-electron chi connectivity index (χ4n) is 4.66. The van der Waals surface area contributed by atoms with Crippen LogP contribution in [-0.2, 0) is 17.9 Å². The van der Waals surface area contributed by atoms with E-state index in [0.717, 1.165) is 41.2 Å². The number of hydrogen-bond acceptors (Lipinski definition) is 8. The van der Waals surface area contributed by atoms with Crippen molar-refractivity contribution in [2.75, 3.05) is 19.1 Å². The standard InChI is InChI=1S/C26H24N8O3/c1-36-23-11-18(13-27)30-34(23)19-7-3-16(4-8-19)14-32-21-12-20(31-33(21)10-9-22(32)35)24-25(17-5-6-17)28-15-29-26(24)37-2/h3-4,7-8,11-12,15,17H,5-6,9-10,14H2,1-2H3. The maximum Gasteiger partial charge on any atom is 0.230 e. The molecule has 186 valence electrons. The van der Waals surface area contributed by atoms with Crippen LogP contribution in [-0.4, -0.2) is 49.7 Å². The van der Waals surface area contributed by atoms with Crippen LogP contribution in [0, 0.1) is 11.3 Å². The van der Waals surface area contributed by atoms with Crippen molar-refractivity contribution in [2.24, 2.45) is 0 Å². The van der Waals surface area contributed by atoms with Crippen molar-refractivity contribution < 1.29 is 14.3 Å². The smallest absolute Gasteiger partial charge is 0.230 e. The van der Waals surface area contributed by atoms with Crippen molar-refractivity contribution in [3.63, 3.8) is 0 Å². The van der Waals surface area contributed by atoms with E-state index in [1.807, 2.05) is 41.1 Å². The highest BCUT2D eigenvalue weighted by Gasteiger charge is 2.33. The first-order valence-corrected chi connectivity index (χ1v) is 12.0. The minimum atomic E-state index is 0.0362. The molecule has 1 fully saturated rings. The van der Waals surface area contributed by atoms with Crippen LogP contribution in [0.2, 0.25) is 0 Å². The molecule has 37 heavy (non-hydrogen) atoms. The molecule has 3 aromatic heterocycles. The first-order valence-electron chi connectivity index (χ1n) is 12.0. The van der Waals surface area contributed by atoms with Crippen molar-refractivity contribution in [3.05, 3.63) is 59.7 Å². The summed E-state index contributed by atoms with van der Waals surface area (Å²) in [7, 11) is 3.13. The Morgan fingerprint density at radius 2 is 1.89 bits per heavy atom. The van der Waals surface area contributed by atoms with Gasteiger partial charge < -0.3 is 9.47 Å². The fourth-order valence-corrected chi connectivity index (χ4v) is 4.66. The minimum absolute atomic E-state index is 0.0362. The first-order chi connectivity index (χ1) is 18.1. The summed E-state index contributed by atoms with van der Waals surface area (Å²) in [5.41, 5.74) is 4.43. The number of rotatable bonds is 7. The van der Waals surface area contributed by atoms with Gasteiger partial charge in [0, 0.05) is 24.5 Å². The van der Waals surface area contributed by atoms with Crippen LogP contribution in [0.15, 0.2) is 42.7 Å². The maximum absolute atomic E-state index is 13.0. The molecule has 1 amide bonds. The lowest BCUT2D eigenvalue weighted by Gasteiger charge is -2.27. The van der Waals surface area contributed by atoms with Gasteiger partial charge in [-0.25, -0.2) is 14.6 Å². The second-order valence-corrected chi connectivity index (χ2v) is 9.02. The molecule has 2 aliphatic rings. The number of amides is 1. The molecule has 11 heteroatoms. The van der Waals surface area contributed by atoms with Gasteiger partial charge in [0.25, 0.3) is 0 Å². The Morgan fingerprint density at radius 3 is 2.59 bits per heavy atom. The van der Waals surface area contributed by atoms with E-state index in [4.69, 9.17) is 19.8 Å². The Hall–Kier alpha value is -4.72. The van der Waals surface area contributed by atoms with Gasteiger partial charge in [0.2, 0.25) is 17.7 Å². The van der Waals surface area contributed by atoms with Gasteiger partial charge in [-0.15, -0.1) is 0 Å². The molecule has 0 N–H and O–H groups in total. The third kappa shape index (κ3) is 4.06. The van der Waals surface area contributed by atoms with Gasteiger partial charge in [0.15, 0.2) is 5.69 Å². The summed E-state index contributed by atoms with van der Waals surface area (Å²) in [6, 6.07) is 13.2. The van der Waals surface area contributed by atoms with Crippen molar-refractivity contribution in [2.45, 2.75) is 38.3 Å². The first kappa shape index (κ1) is 22.7. The molecular formula is C26H24N8O3. The van der Waals surface area contributed by atoms with Crippen LogP contribution in [0.25, 0.3) is 16.9 Å². The number of nitrogens with zero attached hydrogens (tertiary/aromatic N) is 8. The Bertz CT molecular complexity index is 1530. The lowest BCUT2D eigenvalue weighted by molar-refractivity contribution is -0.119. The van der Waals surface area contributed by atoms with Crippen LogP contribution >= 0.6 is 0 Å². The molecule has 1 aliphatic carbocycles. The zero-order chi connectivity index (χ0) is 25.5. The summed E-state index contributed by atoms with van der Waals surface area (Å²) in [5, 5.41) is 18.2. The maximum atomic E-state index is 13.0. The number of nitriles is 1. The molecule has 0 radical (unpaired) electrons. The number of aryl methyl sites for hydroxylation is 1. The molecule has 6 rings (SSSR count). The van der Waals surface area contributed by atoms with E-state index in [2.05, 4.69) is 15.1 Å². The molecule has 0 unspecified atom stereocenters. The Morgan fingerprint density at radius 1 is 1.08 bits per heavy atom. The number of hydrogen-bond donors (Lipinski definition) is 0. The van der Waals surface area contributed by atoms with Gasteiger partial charge in [0.05, 0.1) is 44.3 Å². The van der Waals surface area contributed by atoms with Crippen LogP contribution < -0.4 is 14.4 Å². The zero-order valence-corrected chi connectivity index (χ0v) is 20.5. The molecule has 4 aromatic rings. The summed E-state index contributed by atoms with van der Waals surface area (Å²) in [6.07, 6.45) is 4.07. The molecule has 0 bridgehead atoms. The number of carbonyl (C=O) groups excluding carboxylic acids is 1. The van der Waals surface area contributed by atoms with E-state index in [1.54, 1.807) is 22.8 Å².